The lowest BCUT2D eigenvalue weighted by atomic mass is 9.92. The highest BCUT2D eigenvalue weighted by molar-refractivity contribution is 7.26. The van der Waals surface area contributed by atoms with E-state index in [4.69, 9.17) is 9.15 Å². The predicted octanol–water partition coefficient (Wildman–Crippen LogP) is 9.91. The fourth-order valence-corrected chi connectivity index (χ4v) is 6.53. The third kappa shape index (κ3) is 2.76. The van der Waals surface area contributed by atoms with Crippen molar-refractivity contribution in [2.45, 2.75) is 0 Å². The quantitative estimate of drug-likeness (QED) is 0.253. The van der Waals surface area contributed by atoms with Gasteiger partial charge in [-0.25, -0.2) is 0 Å². The molecule has 0 spiro atoms. The van der Waals surface area contributed by atoms with Gasteiger partial charge in [-0.15, -0.1) is 11.3 Å². The van der Waals surface area contributed by atoms with Crippen LogP contribution in [0.2, 0.25) is 0 Å². The molecule has 0 atom stereocenters. The molecular formula is C32H18O2S. The number of hydrogen-bond acceptors (Lipinski definition) is 3. The highest BCUT2D eigenvalue weighted by atomic mass is 32.1. The molecule has 1 aliphatic heterocycles. The molecule has 0 unspecified atom stereocenters. The van der Waals surface area contributed by atoms with Crippen LogP contribution in [0, 0.1) is 0 Å². The second-order valence-electron chi connectivity index (χ2n) is 8.92. The molecule has 8 rings (SSSR count). The molecule has 0 bridgehead atoms. The Kier molecular flexibility index (Phi) is 3.85. The fourth-order valence-electron chi connectivity index (χ4n) is 5.31. The van der Waals surface area contributed by atoms with E-state index in [0.717, 1.165) is 50.5 Å². The summed E-state index contributed by atoms with van der Waals surface area (Å²) in [6.07, 6.45) is 0. The summed E-state index contributed by atoms with van der Waals surface area (Å²) in [6.45, 7) is 0. The van der Waals surface area contributed by atoms with Crippen LogP contribution in [-0.4, -0.2) is 0 Å². The van der Waals surface area contributed by atoms with Crippen LogP contribution in [0.25, 0.3) is 64.7 Å². The maximum atomic E-state index is 6.52. The van der Waals surface area contributed by atoms with Gasteiger partial charge in [0.2, 0.25) is 0 Å². The minimum absolute atomic E-state index is 0.866. The van der Waals surface area contributed by atoms with Crippen LogP contribution < -0.4 is 4.74 Å². The Morgan fingerprint density at radius 1 is 0.543 bits per heavy atom. The first kappa shape index (κ1) is 19.0. The number of thiophene rings is 1. The monoisotopic (exact) mass is 466 g/mol. The van der Waals surface area contributed by atoms with E-state index in [-0.39, 0.29) is 0 Å². The summed E-state index contributed by atoms with van der Waals surface area (Å²) < 4.78 is 15.3. The third-order valence-corrected chi connectivity index (χ3v) is 8.12. The number of hydrogen-bond donors (Lipinski definition) is 0. The maximum absolute atomic E-state index is 6.52. The van der Waals surface area contributed by atoms with Crippen molar-refractivity contribution in [2.75, 3.05) is 0 Å². The number of rotatable bonds is 2. The van der Waals surface area contributed by atoms with Crippen molar-refractivity contribution in [3.8, 4) is 45.3 Å². The largest absolute Gasteiger partial charge is 0.456 e. The first-order chi connectivity index (χ1) is 17.3. The van der Waals surface area contributed by atoms with Crippen molar-refractivity contribution in [1.82, 2.24) is 0 Å². The molecule has 2 aromatic heterocycles. The summed E-state index contributed by atoms with van der Waals surface area (Å²) in [6, 6.07) is 38.1. The average Bonchev–Trinajstić information content (AvgIpc) is 3.54. The number of para-hydroxylation sites is 1. The summed E-state index contributed by atoms with van der Waals surface area (Å²) >= 11 is 1.82. The number of ether oxygens (including phenoxy) is 1. The van der Waals surface area contributed by atoms with Gasteiger partial charge in [0.1, 0.15) is 23.0 Å². The zero-order valence-electron chi connectivity index (χ0n) is 18.6. The van der Waals surface area contributed by atoms with E-state index in [0.29, 0.717) is 0 Å². The molecule has 1 aliphatic rings. The van der Waals surface area contributed by atoms with Crippen molar-refractivity contribution in [2.24, 2.45) is 0 Å². The smallest absolute Gasteiger partial charge is 0.136 e. The van der Waals surface area contributed by atoms with Gasteiger partial charge < -0.3 is 9.15 Å². The van der Waals surface area contributed by atoms with Crippen molar-refractivity contribution >= 4 is 42.3 Å². The Morgan fingerprint density at radius 2 is 1.31 bits per heavy atom. The Bertz CT molecular complexity index is 1940. The molecule has 7 aromatic rings. The van der Waals surface area contributed by atoms with Crippen LogP contribution in [0.3, 0.4) is 0 Å². The van der Waals surface area contributed by atoms with Gasteiger partial charge in [-0.3, -0.25) is 0 Å². The Morgan fingerprint density at radius 3 is 2.31 bits per heavy atom. The molecule has 164 valence electrons. The van der Waals surface area contributed by atoms with Crippen molar-refractivity contribution < 1.29 is 9.15 Å². The van der Waals surface area contributed by atoms with Gasteiger partial charge in [0.15, 0.2) is 0 Å². The van der Waals surface area contributed by atoms with Gasteiger partial charge in [-0.2, -0.15) is 0 Å². The van der Waals surface area contributed by atoms with E-state index in [1.54, 1.807) is 0 Å². The summed E-state index contributed by atoms with van der Waals surface area (Å²) in [5.74, 6) is 3.55. The van der Waals surface area contributed by atoms with Crippen LogP contribution >= 0.6 is 11.3 Å². The first-order valence-electron chi connectivity index (χ1n) is 11.7. The van der Waals surface area contributed by atoms with Crippen molar-refractivity contribution in [3.63, 3.8) is 0 Å². The van der Waals surface area contributed by atoms with Crippen LogP contribution in [0.5, 0.6) is 11.5 Å². The molecule has 0 fully saturated rings. The number of fused-ring (bicyclic) bond motifs is 5. The van der Waals surface area contributed by atoms with Gasteiger partial charge >= 0.3 is 0 Å². The lowest BCUT2D eigenvalue weighted by Crippen LogP contribution is -1.97. The molecular weight excluding hydrogens is 448 g/mol. The highest BCUT2D eigenvalue weighted by Gasteiger charge is 2.21. The molecule has 0 radical (unpaired) electrons. The van der Waals surface area contributed by atoms with E-state index in [2.05, 4.69) is 91.0 Å². The lowest BCUT2D eigenvalue weighted by molar-refractivity contribution is 0.487. The van der Waals surface area contributed by atoms with E-state index in [9.17, 15) is 0 Å². The normalized spacial score (nSPS) is 12.2. The topological polar surface area (TPSA) is 22.4 Å². The first-order valence-corrected chi connectivity index (χ1v) is 12.5. The van der Waals surface area contributed by atoms with E-state index in [1.807, 2.05) is 29.5 Å². The molecule has 0 N–H and O–H groups in total. The van der Waals surface area contributed by atoms with Crippen molar-refractivity contribution in [1.29, 1.82) is 0 Å². The summed E-state index contributed by atoms with van der Waals surface area (Å²) in [5.41, 5.74) is 4.49. The van der Waals surface area contributed by atoms with E-state index < -0.39 is 0 Å². The molecule has 0 aliphatic carbocycles. The summed E-state index contributed by atoms with van der Waals surface area (Å²) in [7, 11) is 0. The minimum Gasteiger partial charge on any atom is -0.456 e. The van der Waals surface area contributed by atoms with Gasteiger partial charge in [0.05, 0.1) is 0 Å². The molecule has 5 aromatic carbocycles. The summed E-state index contributed by atoms with van der Waals surface area (Å²) in [4.78, 5) is 0. The molecule has 0 amide bonds. The van der Waals surface area contributed by atoms with Crippen molar-refractivity contribution in [3.05, 3.63) is 109 Å². The van der Waals surface area contributed by atoms with Gasteiger partial charge in [-0.1, -0.05) is 60.7 Å². The van der Waals surface area contributed by atoms with Crippen LogP contribution in [0.15, 0.2) is 114 Å². The second-order valence-corrected chi connectivity index (χ2v) is 9.97. The highest BCUT2D eigenvalue weighted by Crippen LogP contribution is 2.48. The number of benzene rings is 5. The third-order valence-electron chi connectivity index (χ3n) is 6.90. The zero-order chi connectivity index (χ0) is 22.9. The zero-order valence-corrected chi connectivity index (χ0v) is 19.4. The molecule has 0 saturated heterocycles. The molecule has 0 saturated carbocycles. The van der Waals surface area contributed by atoms with Crippen LogP contribution in [0.4, 0.5) is 0 Å². The Hall–Kier alpha value is -4.34. The second kappa shape index (κ2) is 7.08. The number of furan rings is 1. The minimum atomic E-state index is 0.866. The Labute approximate surface area is 205 Å². The standard InChI is InChI=1S/C32H18O2S/c1-3-12-27-21(8-1)25-18-20(17-19-7-5-13-29(34-27)31(19)25)26-15-16-28(33-26)24-11-6-10-23-22-9-2-4-14-30(22)35-32(23)24/h1-18H. The predicted molar refractivity (Wildman–Crippen MR) is 145 cm³/mol. The molecule has 35 heavy (non-hydrogen) atoms. The van der Waals surface area contributed by atoms with Gasteiger partial charge in [-0.05, 0) is 59.5 Å². The maximum Gasteiger partial charge on any atom is 0.136 e. The van der Waals surface area contributed by atoms with Gasteiger partial charge in [0.25, 0.3) is 0 Å². The molecule has 3 heteroatoms. The lowest BCUT2D eigenvalue weighted by Gasteiger charge is -2.21. The van der Waals surface area contributed by atoms with Crippen LogP contribution in [0.1, 0.15) is 0 Å². The summed E-state index contributed by atoms with van der Waals surface area (Å²) in [5, 5.41) is 4.87. The van der Waals surface area contributed by atoms with Crippen LogP contribution in [-0.2, 0) is 0 Å². The Balaban J connectivity index is 1.31. The van der Waals surface area contributed by atoms with E-state index >= 15 is 0 Å². The van der Waals surface area contributed by atoms with Gasteiger partial charge in [0, 0.05) is 42.2 Å². The molecule has 2 nitrogen and oxygen atoms in total. The fraction of sp³-hybridized carbons (Fsp3) is 0. The molecule has 3 heterocycles. The van der Waals surface area contributed by atoms with E-state index in [1.165, 1.54) is 25.7 Å². The average molecular weight is 467 g/mol. The SMILES string of the molecule is c1ccc2c(c1)Oc1cccc3cc(-c4ccc(-c5cccc6c5sc5ccccc56)o4)cc-2c13.